The van der Waals surface area contributed by atoms with E-state index >= 15 is 0 Å². The second kappa shape index (κ2) is 13.5. The number of hydrogen-bond donors (Lipinski definition) is 0. The molecule has 0 spiro atoms. The van der Waals surface area contributed by atoms with Crippen LogP contribution in [0.25, 0.3) is 55.8 Å². The Balaban J connectivity index is 0.000000250. The molecule has 0 unspecified atom stereocenters. The third-order valence-electron chi connectivity index (χ3n) is 8.11. The van der Waals surface area contributed by atoms with E-state index in [0.717, 1.165) is 50.1 Å². The van der Waals surface area contributed by atoms with Crippen LogP contribution in [0, 0.1) is 39.8 Å². The topological polar surface area (TPSA) is 51.8 Å². The molecule has 0 fully saturated rings. The van der Waals surface area contributed by atoms with Crippen LogP contribution in [0.15, 0.2) is 102 Å². The van der Waals surface area contributed by atoms with E-state index in [-0.39, 0.29) is 25.5 Å². The molecular formula is C41H37IrN3O-2. The van der Waals surface area contributed by atoms with Gasteiger partial charge >= 0.3 is 0 Å². The van der Waals surface area contributed by atoms with Gasteiger partial charge in [-0.15, -0.1) is 54.1 Å². The molecule has 0 bridgehead atoms. The second-order valence-corrected chi connectivity index (χ2v) is 12.6. The number of hydrogen-bond acceptors (Lipinski definition) is 4. The van der Waals surface area contributed by atoms with Crippen LogP contribution in [0.1, 0.15) is 48.6 Å². The van der Waals surface area contributed by atoms with Crippen LogP contribution in [0.4, 0.5) is 0 Å². The molecule has 0 aliphatic heterocycles. The molecule has 233 valence electrons. The molecule has 0 saturated carbocycles. The number of rotatable bonds is 3. The number of benzene rings is 3. The van der Waals surface area contributed by atoms with Gasteiger partial charge in [0.15, 0.2) is 0 Å². The summed E-state index contributed by atoms with van der Waals surface area (Å²) in [5.74, 6) is 0. The predicted molar refractivity (Wildman–Crippen MR) is 185 cm³/mol. The molecule has 0 aliphatic rings. The van der Waals surface area contributed by atoms with Crippen LogP contribution in [0.5, 0.6) is 0 Å². The summed E-state index contributed by atoms with van der Waals surface area (Å²) in [6.07, 6.45) is 3.85. The summed E-state index contributed by atoms with van der Waals surface area (Å²) in [4.78, 5) is 14.0. The molecule has 4 nitrogen and oxygen atoms in total. The van der Waals surface area contributed by atoms with Crippen LogP contribution in [-0.2, 0) is 25.5 Å². The fraction of sp³-hybridized carbons (Fsp3) is 0.195. The summed E-state index contributed by atoms with van der Waals surface area (Å²) in [7, 11) is 0. The van der Waals surface area contributed by atoms with Gasteiger partial charge in [0.05, 0.1) is 11.3 Å². The van der Waals surface area contributed by atoms with E-state index in [2.05, 4.69) is 101 Å². The fourth-order valence-electron chi connectivity index (χ4n) is 5.83. The second-order valence-electron chi connectivity index (χ2n) is 12.6. The maximum Gasteiger partial charge on any atom is 0.216 e. The summed E-state index contributed by atoms with van der Waals surface area (Å²) in [6, 6.07) is 35.1. The van der Waals surface area contributed by atoms with Crippen molar-refractivity contribution in [3.63, 3.8) is 0 Å². The maximum atomic E-state index is 6.33. The van der Waals surface area contributed by atoms with Crippen molar-refractivity contribution in [2.75, 3.05) is 0 Å². The average Bonchev–Trinajstić information content (AvgIpc) is 3.40. The fourth-order valence-corrected chi connectivity index (χ4v) is 5.83. The summed E-state index contributed by atoms with van der Waals surface area (Å²) >= 11 is 0. The van der Waals surface area contributed by atoms with Crippen molar-refractivity contribution in [2.45, 2.75) is 53.9 Å². The first-order valence-corrected chi connectivity index (χ1v) is 15.3. The number of furan rings is 1. The van der Waals surface area contributed by atoms with Crippen molar-refractivity contribution >= 4 is 22.1 Å². The van der Waals surface area contributed by atoms with Crippen molar-refractivity contribution in [3.05, 3.63) is 137 Å². The Bertz CT molecular complexity index is 2100. The van der Waals surface area contributed by atoms with Crippen LogP contribution < -0.4 is 0 Å². The predicted octanol–water partition coefficient (Wildman–Crippen LogP) is 10.6. The van der Waals surface area contributed by atoms with Crippen molar-refractivity contribution in [2.24, 2.45) is 0 Å². The number of aryl methyl sites for hydroxylation is 4. The van der Waals surface area contributed by atoms with E-state index in [1.165, 1.54) is 27.8 Å². The van der Waals surface area contributed by atoms with E-state index in [0.29, 0.717) is 5.71 Å². The summed E-state index contributed by atoms with van der Waals surface area (Å²) in [5.41, 5.74) is 13.4. The van der Waals surface area contributed by atoms with Crippen LogP contribution in [0.3, 0.4) is 0 Å². The first-order valence-electron chi connectivity index (χ1n) is 15.3. The molecule has 0 aliphatic carbocycles. The quantitative estimate of drug-likeness (QED) is 0.168. The Morgan fingerprint density at radius 2 is 1.39 bits per heavy atom. The molecule has 5 heteroatoms. The minimum absolute atomic E-state index is 0. The third kappa shape index (κ3) is 6.72. The minimum atomic E-state index is 0. The largest absolute Gasteiger partial charge is 0.486 e. The standard InChI is InChI=1S/C29H27N2O.C12H10N.Ir/c1-17-9-7-10-18(2)26(17)24-14-13-21-20-11-8-12-22(27(20)32-28(21)31-24)25-15-19(3)23(16-30-25)29(4,5)6;1-10-7-8-12(13-9-10)11-5-3-2-4-6-11;/h7-11,13-16H,1-6H3;2-5,7-9H,1H3;/q2*-1;. The van der Waals surface area contributed by atoms with E-state index in [9.17, 15) is 0 Å². The molecule has 0 N–H and O–H groups in total. The molecule has 0 saturated heterocycles. The Hall–Kier alpha value is -4.44. The van der Waals surface area contributed by atoms with Crippen LogP contribution in [-0.4, -0.2) is 15.0 Å². The molecule has 0 atom stereocenters. The van der Waals surface area contributed by atoms with Crippen molar-refractivity contribution in [1.82, 2.24) is 15.0 Å². The third-order valence-corrected chi connectivity index (χ3v) is 8.11. The Morgan fingerprint density at radius 3 is 2.04 bits per heavy atom. The van der Waals surface area contributed by atoms with Gasteiger partial charge in [0.25, 0.3) is 0 Å². The normalized spacial score (nSPS) is 11.2. The first kappa shape index (κ1) is 32.9. The van der Waals surface area contributed by atoms with Gasteiger partial charge in [0, 0.05) is 43.4 Å². The van der Waals surface area contributed by atoms with Gasteiger partial charge in [-0.1, -0.05) is 73.7 Å². The number of pyridine rings is 3. The number of fused-ring (bicyclic) bond motifs is 3. The monoisotopic (exact) mass is 780 g/mol. The molecule has 4 aromatic heterocycles. The summed E-state index contributed by atoms with van der Waals surface area (Å²) in [5, 5.41) is 2.04. The Morgan fingerprint density at radius 1 is 0.652 bits per heavy atom. The van der Waals surface area contributed by atoms with Crippen molar-refractivity contribution in [1.29, 1.82) is 0 Å². The van der Waals surface area contributed by atoms with Gasteiger partial charge in [-0.25, -0.2) is 4.98 Å². The van der Waals surface area contributed by atoms with E-state index in [1.807, 2.05) is 61.8 Å². The van der Waals surface area contributed by atoms with Gasteiger partial charge < -0.3 is 14.4 Å². The smallest absolute Gasteiger partial charge is 0.216 e. The molecule has 1 radical (unpaired) electrons. The molecule has 7 rings (SSSR count). The maximum absolute atomic E-state index is 6.33. The molecule has 0 amide bonds. The van der Waals surface area contributed by atoms with Crippen molar-refractivity contribution < 1.29 is 24.5 Å². The van der Waals surface area contributed by atoms with Gasteiger partial charge in [-0.3, -0.25) is 0 Å². The van der Waals surface area contributed by atoms with Gasteiger partial charge in [0.2, 0.25) is 5.71 Å². The number of aromatic nitrogens is 3. The minimum Gasteiger partial charge on any atom is -0.486 e. The van der Waals surface area contributed by atoms with E-state index in [1.54, 1.807) is 0 Å². The molecule has 46 heavy (non-hydrogen) atoms. The zero-order valence-corrected chi connectivity index (χ0v) is 29.7. The molecule has 7 aromatic rings. The molecule has 4 heterocycles. The Labute approximate surface area is 285 Å². The first-order chi connectivity index (χ1) is 21.6. The van der Waals surface area contributed by atoms with E-state index in [4.69, 9.17) is 14.4 Å². The van der Waals surface area contributed by atoms with Crippen LogP contribution >= 0.6 is 0 Å². The van der Waals surface area contributed by atoms with Crippen molar-refractivity contribution in [3.8, 4) is 33.8 Å². The summed E-state index contributed by atoms with van der Waals surface area (Å²) < 4.78 is 6.33. The molecular weight excluding hydrogens is 743 g/mol. The zero-order valence-electron chi connectivity index (χ0n) is 27.3. The average molecular weight is 780 g/mol. The number of nitrogens with zero attached hydrogens (tertiary/aromatic N) is 3. The van der Waals surface area contributed by atoms with Gasteiger partial charge in [0.1, 0.15) is 0 Å². The van der Waals surface area contributed by atoms with Gasteiger partial charge in [-0.05, 0) is 78.9 Å². The SMILES string of the molecule is Cc1cc(-c2[c-]ccc3c2oc2nc(-c4c(C)cccc4C)ccc23)ncc1C(C)(C)C.Cc1ccc(-c2[c-]cccc2)nc1.[Ir]. The van der Waals surface area contributed by atoms with Crippen LogP contribution in [0.2, 0.25) is 0 Å². The van der Waals surface area contributed by atoms with Gasteiger partial charge in [-0.2, -0.15) is 0 Å². The summed E-state index contributed by atoms with van der Waals surface area (Å²) in [6.45, 7) is 15.0. The zero-order chi connectivity index (χ0) is 31.7. The van der Waals surface area contributed by atoms with E-state index < -0.39 is 0 Å². The Kier molecular flexibility index (Phi) is 9.67. The molecule has 3 aromatic carbocycles.